The zero-order valence-corrected chi connectivity index (χ0v) is 6.21. The van der Waals surface area contributed by atoms with E-state index in [1.165, 1.54) is 25.7 Å². The largest absolute Gasteiger partial charge is 0.286 e. The Kier molecular flexibility index (Phi) is 1.43. The highest BCUT2D eigenvalue weighted by Gasteiger charge is 2.38. The van der Waals surface area contributed by atoms with Gasteiger partial charge in [-0.25, -0.2) is 0 Å². The molecule has 1 heteroatoms. The van der Waals surface area contributed by atoms with Gasteiger partial charge in [0.15, 0.2) is 0 Å². The normalized spacial score (nSPS) is 38.3. The minimum Gasteiger partial charge on any atom is -0.286 e. The molecule has 0 unspecified atom stereocenters. The van der Waals surface area contributed by atoms with Crippen molar-refractivity contribution in [3.8, 4) is 12.3 Å². The van der Waals surface area contributed by atoms with Crippen LogP contribution >= 0.6 is 0 Å². The van der Waals surface area contributed by atoms with E-state index in [1.807, 2.05) is 0 Å². The van der Waals surface area contributed by atoms with E-state index in [2.05, 4.69) is 10.8 Å². The summed E-state index contributed by atoms with van der Waals surface area (Å²) in [4.78, 5) is 2.50. The van der Waals surface area contributed by atoms with Crippen LogP contribution in [-0.4, -0.2) is 23.5 Å². The highest BCUT2D eigenvalue weighted by Crippen LogP contribution is 2.36. The Hall–Kier alpha value is -0.480. The minimum absolute atomic E-state index is 0.848. The highest BCUT2D eigenvalue weighted by molar-refractivity contribution is 5.00. The molecule has 0 aromatic carbocycles. The fraction of sp³-hybridized carbons (Fsp3) is 0.778. The van der Waals surface area contributed by atoms with E-state index in [0.29, 0.717) is 0 Å². The molecular formula is C9H13N. The standard InChI is InChI=1S/C9H13N/c1-2-7-10-8-3-4-9(10)6-5-8/h1,8-9H,3-7H2. The van der Waals surface area contributed by atoms with Crippen molar-refractivity contribution in [2.24, 2.45) is 0 Å². The Labute approximate surface area is 62.4 Å². The molecule has 10 heavy (non-hydrogen) atoms. The van der Waals surface area contributed by atoms with Crippen LogP contribution < -0.4 is 0 Å². The summed E-state index contributed by atoms with van der Waals surface area (Å²) in [7, 11) is 0. The first-order chi connectivity index (χ1) is 4.92. The van der Waals surface area contributed by atoms with E-state index >= 15 is 0 Å². The van der Waals surface area contributed by atoms with Crippen LogP contribution in [0.3, 0.4) is 0 Å². The monoisotopic (exact) mass is 135 g/mol. The van der Waals surface area contributed by atoms with E-state index in [0.717, 1.165) is 18.6 Å². The molecule has 0 aliphatic carbocycles. The lowest BCUT2D eigenvalue weighted by Gasteiger charge is -2.17. The molecule has 2 aliphatic heterocycles. The van der Waals surface area contributed by atoms with Gasteiger partial charge in [-0.2, -0.15) is 0 Å². The quantitative estimate of drug-likeness (QED) is 0.489. The van der Waals surface area contributed by atoms with Crippen LogP contribution in [0.25, 0.3) is 0 Å². The lowest BCUT2D eigenvalue weighted by atomic mass is 10.0. The Morgan fingerprint density at radius 1 is 1.20 bits per heavy atom. The maximum atomic E-state index is 5.27. The summed E-state index contributed by atoms with van der Waals surface area (Å²) in [6, 6.07) is 1.70. The molecule has 2 saturated heterocycles. The fourth-order valence-electron chi connectivity index (χ4n) is 2.38. The molecular weight excluding hydrogens is 122 g/mol. The van der Waals surface area contributed by atoms with Crippen LogP contribution in [0.1, 0.15) is 25.7 Å². The molecule has 0 radical (unpaired) electrons. The first-order valence-corrected chi connectivity index (χ1v) is 4.11. The summed E-state index contributed by atoms with van der Waals surface area (Å²) in [5.41, 5.74) is 0. The summed E-state index contributed by atoms with van der Waals surface area (Å²) in [5.74, 6) is 2.74. The van der Waals surface area contributed by atoms with Crippen LogP contribution in [-0.2, 0) is 0 Å². The second-order valence-corrected chi connectivity index (χ2v) is 3.34. The first kappa shape index (κ1) is 6.24. The molecule has 0 saturated carbocycles. The predicted octanol–water partition coefficient (Wildman–Crippen LogP) is 1.25. The van der Waals surface area contributed by atoms with E-state index in [9.17, 15) is 0 Å². The van der Waals surface area contributed by atoms with Gasteiger partial charge in [0.05, 0.1) is 6.54 Å². The summed E-state index contributed by atoms with van der Waals surface area (Å²) in [5, 5.41) is 0. The molecule has 0 N–H and O–H groups in total. The predicted molar refractivity (Wildman–Crippen MR) is 41.6 cm³/mol. The van der Waals surface area contributed by atoms with Crippen LogP contribution in [0.15, 0.2) is 0 Å². The fourth-order valence-corrected chi connectivity index (χ4v) is 2.38. The van der Waals surface area contributed by atoms with Crippen molar-refractivity contribution in [2.75, 3.05) is 6.54 Å². The van der Waals surface area contributed by atoms with Crippen molar-refractivity contribution in [1.29, 1.82) is 0 Å². The van der Waals surface area contributed by atoms with Gasteiger partial charge >= 0.3 is 0 Å². The van der Waals surface area contributed by atoms with E-state index in [1.54, 1.807) is 0 Å². The zero-order valence-electron chi connectivity index (χ0n) is 6.21. The van der Waals surface area contributed by atoms with Crippen LogP contribution in [0.4, 0.5) is 0 Å². The van der Waals surface area contributed by atoms with Crippen molar-refractivity contribution in [3.05, 3.63) is 0 Å². The molecule has 0 atom stereocenters. The second-order valence-electron chi connectivity index (χ2n) is 3.34. The molecule has 2 heterocycles. The molecule has 1 nitrogen and oxygen atoms in total. The summed E-state index contributed by atoms with van der Waals surface area (Å²) in [6.45, 7) is 0.884. The Morgan fingerprint density at radius 3 is 2.10 bits per heavy atom. The van der Waals surface area contributed by atoms with Gasteiger partial charge in [-0.3, -0.25) is 4.90 Å². The SMILES string of the molecule is C#CCN1C2CCC1CC2. The smallest absolute Gasteiger partial charge is 0.0603 e. The van der Waals surface area contributed by atoms with Gasteiger partial charge in [0.25, 0.3) is 0 Å². The van der Waals surface area contributed by atoms with Gasteiger partial charge in [-0.1, -0.05) is 5.92 Å². The number of rotatable bonds is 1. The van der Waals surface area contributed by atoms with E-state index < -0.39 is 0 Å². The second kappa shape index (κ2) is 2.29. The Balaban J connectivity index is 2.04. The Morgan fingerprint density at radius 2 is 1.70 bits per heavy atom. The average molecular weight is 135 g/mol. The summed E-state index contributed by atoms with van der Waals surface area (Å²) < 4.78 is 0. The van der Waals surface area contributed by atoms with Gasteiger partial charge in [0, 0.05) is 12.1 Å². The summed E-state index contributed by atoms with van der Waals surface area (Å²) >= 11 is 0. The summed E-state index contributed by atoms with van der Waals surface area (Å²) in [6.07, 6.45) is 10.8. The van der Waals surface area contributed by atoms with E-state index in [-0.39, 0.29) is 0 Å². The zero-order chi connectivity index (χ0) is 6.97. The third-order valence-electron chi connectivity index (χ3n) is 2.88. The third kappa shape index (κ3) is 0.759. The maximum Gasteiger partial charge on any atom is 0.0603 e. The molecule has 2 bridgehead atoms. The number of terminal acetylenes is 1. The number of nitrogens with zero attached hydrogens (tertiary/aromatic N) is 1. The number of hydrogen-bond acceptors (Lipinski definition) is 1. The third-order valence-corrected chi connectivity index (χ3v) is 2.88. The lowest BCUT2D eigenvalue weighted by molar-refractivity contribution is 0.286. The van der Waals surface area contributed by atoms with Gasteiger partial charge in [0.2, 0.25) is 0 Å². The molecule has 0 aromatic heterocycles. The number of fused-ring (bicyclic) bond motifs is 2. The molecule has 2 aliphatic rings. The van der Waals surface area contributed by atoms with Gasteiger partial charge in [-0.05, 0) is 25.7 Å². The van der Waals surface area contributed by atoms with Crippen molar-refractivity contribution in [2.45, 2.75) is 37.8 Å². The molecule has 0 amide bonds. The molecule has 54 valence electrons. The number of hydrogen-bond donors (Lipinski definition) is 0. The van der Waals surface area contributed by atoms with Crippen molar-refractivity contribution >= 4 is 0 Å². The molecule has 2 fully saturated rings. The minimum atomic E-state index is 0.848. The van der Waals surface area contributed by atoms with Crippen molar-refractivity contribution in [3.63, 3.8) is 0 Å². The van der Waals surface area contributed by atoms with Gasteiger partial charge in [-0.15, -0.1) is 6.42 Å². The topological polar surface area (TPSA) is 3.24 Å². The molecule has 2 rings (SSSR count). The molecule has 0 aromatic rings. The van der Waals surface area contributed by atoms with Gasteiger partial charge < -0.3 is 0 Å². The lowest BCUT2D eigenvalue weighted by Crippen LogP contribution is -2.28. The highest BCUT2D eigenvalue weighted by atomic mass is 15.2. The van der Waals surface area contributed by atoms with Crippen LogP contribution in [0, 0.1) is 12.3 Å². The van der Waals surface area contributed by atoms with Gasteiger partial charge in [0.1, 0.15) is 0 Å². The molecule has 0 spiro atoms. The average Bonchev–Trinajstić information content (AvgIpc) is 2.50. The van der Waals surface area contributed by atoms with E-state index in [4.69, 9.17) is 6.42 Å². The Bertz CT molecular complexity index is 148. The maximum absolute atomic E-state index is 5.27. The van der Waals surface area contributed by atoms with Crippen LogP contribution in [0.5, 0.6) is 0 Å². The first-order valence-electron chi connectivity index (χ1n) is 4.11. The van der Waals surface area contributed by atoms with Crippen molar-refractivity contribution in [1.82, 2.24) is 4.90 Å². The van der Waals surface area contributed by atoms with Crippen LogP contribution in [0.2, 0.25) is 0 Å². The van der Waals surface area contributed by atoms with Crippen molar-refractivity contribution < 1.29 is 0 Å².